The predicted molar refractivity (Wildman–Crippen MR) is 56.8 cm³/mol. The summed E-state index contributed by atoms with van der Waals surface area (Å²) in [6.45, 7) is 2.71. The molecule has 1 rings (SSSR count). The van der Waals surface area contributed by atoms with Gasteiger partial charge in [0.25, 0.3) is 0 Å². The summed E-state index contributed by atoms with van der Waals surface area (Å²) in [4.78, 5) is 1.99. The average molecular weight is 216 g/mol. The van der Waals surface area contributed by atoms with Gasteiger partial charge in [-0.2, -0.15) is 0 Å². The van der Waals surface area contributed by atoms with Crippen molar-refractivity contribution >= 4 is 17.4 Å². The second-order valence-corrected chi connectivity index (χ2v) is 3.52. The van der Waals surface area contributed by atoms with Crippen molar-refractivity contribution in [3.05, 3.63) is 17.3 Å². The number of aromatic nitrogens is 2. The fourth-order valence-electron chi connectivity index (χ4n) is 1.08. The summed E-state index contributed by atoms with van der Waals surface area (Å²) in [7, 11) is 3.62. The highest BCUT2D eigenvalue weighted by molar-refractivity contribution is 6.29. The third-order valence-corrected chi connectivity index (χ3v) is 2.25. The zero-order chi connectivity index (χ0) is 10.6. The van der Waals surface area contributed by atoms with E-state index in [9.17, 15) is 0 Å². The summed E-state index contributed by atoms with van der Waals surface area (Å²) in [6.07, 6.45) is 0. The lowest BCUT2D eigenvalue weighted by Crippen LogP contribution is -2.33. The highest BCUT2D eigenvalue weighted by atomic mass is 35.5. The Morgan fingerprint density at radius 1 is 1.50 bits per heavy atom. The van der Waals surface area contributed by atoms with Crippen molar-refractivity contribution in [2.45, 2.75) is 13.0 Å². The molecule has 1 heterocycles. The maximum absolute atomic E-state index is 5.64. The van der Waals surface area contributed by atoms with E-state index < -0.39 is 0 Å². The van der Waals surface area contributed by atoms with Gasteiger partial charge >= 0.3 is 0 Å². The smallest absolute Gasteiger partial charge is 0.151 e. The summed E-state index contributed by atoms with van der Waals surface area (Å²) < 4.78 is 5.05. The van der Waals surface area contributed by atoms with E-state index in [1.807, 2.05) is 18.0 Å². The van der Waals surface area contributed by atoms with Crippen molar-refractivity contribution in [3.63, 3.8) is 0 Å². The van der Waals surface area contributed by atoms with Gasteiger partial charge in [0.05, 0.1) is 12.6 Å². The lowest BCUT2D eigenvalue weighted by molar-refractivity contribution is 0.183. The molecular weight excluding hydrogens is 202 g/mol. The normalized spacial score (nSPS) is 12.6. The Labute approximate surface area is 88.8 Å². The Hall–Kier alpha value is -0.870. The fourth-order valence-corrected chi connectivity index (χ4v) is 1.18. The van der Waals surface area contributed by atoms with Crippen LogP contribution in [0.1, 0.15) is 6.92 Å². The first-order chi connectivity index (χ1) is 6.65. The van der Waals surface area contributed by atoms with Gasteiger partial charge in [-0.3, -0.25) is 0 Å². The molecule has 0 aliphatic carbocycles. The van der Waals surface area contributed by atoms with E-state index in [4.69, 9.17) is 16.3 Å². The van der Waals surface area contributed by atoms with Crippen LogP contribution in [0.25, 0.3) is 0 Å². The van der Waals surface area contributed by atoms with Crippen molar-refractivity contribution in [2.24, 2.45) is 0 Å². The number of methoxy groups -OCH3 is 1. The van der Waals surface area contributed by atoms with E-state index in [-0.39, 0.29) is 6.04 Å². The molecule has 0 aliphatic rings. The molecule has 0 N–H and O–H groups in total. The average Bonchev–Trinajstić information content (AvgIpc) is 2.18. The van der Waals surface area contributed by atoms with E-state index in [1.54, 1.807) is 13.2 Å². The largest absolute Gasteiger partial charge is 0.383 e. The van der Waals surface area contributed by atoms with Crippen molar-refractivity contribution in [3.8, 4) is 0 Å². The van der Waals surface area contributed by atoms with E-state index >= 15 is 0 Å². The van der Waals surface area contributed by atoms with E-state index in [0.29, 0.717) is 11.8 Å². The van der Waals surface area contributed by atoms with E-state index in [0.717, 1.165) is 5.82 Å². The molecule has 0 radical (unpaired) electrons. The summed E-state index contributed by atoms with van der Waals surface area (Å²) >= 11 is 5.64. The zero-order valence-corrected chi connectivity index (χ0v) is 9.32. The van der Waals surface area contributed by atoms with Gasteiger partial charge in [0.15, 0.2) is 11.0 Å². The van der Waals surface area contributed by atoms with Crippen molar-refractivity contribution in [1.29, 1.82) is 0 Å². The van der Waals surface area contributed by atoms with Crippen LogP contribution in [-0.4, -0.2) is 37.0 Å². The Balaban J connectivity index is 2.68. The third kappa shape index (κ3) is 2.82. The quantitative estimate of drug-likeness (QED) is 0.765. The van der Waals surface area contributed by atoms with E-state index in [2.05, 4.69) is 17.1 Å². The second kappa shape index (κ2) is 5.12. The minimum Gasteiger partial charge on any atom is -0.383 e. The van der Waals surface area contributed by atoms with Gasteiger partial charge < -0.3 is 9.64 Å². The molecule has 0 aliphatic heterocycles. The van der Waals surface area contributed by atoms with Gasteiger partial charge in [0.2, 0.25) is 0 Å². The number of nitrogens with zero attached hydrogens (tertiary/aromatic N) is 3. The molecule has 1 aromatic heterocycles. The topological polar surface area (TPSA) is 38.2 Å². The number of ether oxygens (including phenoxy) is 1. The molecule has 0 fully saturated rings. The number of hydrogen-bond acceptors (Lipinski definition) is 4. The molecule has 0 bridgehead atoms. The first-order valence-corrected chi connectivity index (χ1v) is 4.74. The molecule has 1 aromatic rings. The van der Waals surface area contributed by atoms with Crippen LogP contribution < -0.4 is 4.90 Å². The molecule has 78 valence electrons. The van der Waals surface area contributed by atoms with Crippen molar-refractivity contribution < 1.29 is 4.74 Å². The van der Waals surface area contributed by atoms with Crippen LogP contribution in [0.4, 0.5) is 5.82 Å². The molecule has 1 unspecified atom stereocenters. The monoisotopic (exact) mass is 215 g/mol. The van der Waals surface area contributed by atoms with Gasteiger partial charge in [-0.15, -0.1) is 10.2 Å². The van der Waals surface area contributed by atoms with Crippen LogP contribution in [0.15, 0.2) is 12.1 Å². The third-order valence-electron chi connectivity index (χ3n) is 2.05. The molecular formula is C9H14ClN3O. The molecule has 1 atom stereocenters. The SMILES string of the molecule is COCC(C)N(C)c1ccc(Cl)nn1. The zero-order valence-electron chi connectivity index (χ0n) is 8.57. The maximum atomic E-state index is 5.64. The number of likely N-dealkylation sites (N-methyl/N-ethyl adjacent to an activating group) is 1. The summed E-state index contributed by atoms with van der Waals surface area (Å²) in [6, 6.07) is 3.82. The molecule has 0 amide bonds. The first kappa shape index (κ1) is 11.2. The molecule has 4 nitrogen and oxygen atoms in total. The minimum atomic E-state index is 0.260. The number of hydrogen-bond donors (Lipinski definition) is 0. The summed E-state index contributed by atoms with van der Waals surface area (Å²) in [5.41, 5.74) is 0. The standard InChI is InChI=1S/C9H14ClN3O/c1-7(6-14-3)13(2)9-5-4-8(10)11-12-9/h4-5,7H,6H2,1-3H3. The molecule has 0 saturated heterocycles. The highest BCUT2D eigenvalue weighted by Gasteiger charge is 2.10. The van der Waals surface area contributed by atoms with Crippen LogP contribution in [0.2, 0.25) is 5.15 Å². The molecule has 5 heteroatoms. The van der Waals surface area contributed by atoms with Gasteiger partial charge in [-0.1, -0.05) is 11.6 Å². The molecule has 14 heavy (non-hydrogen) atoms. The molecule has 0 aromatic carbocycles. The Kier molecular flexibility index (Phi) is 4.10. The summed E-state index contributed by atoms with van der Waals surface area (Å²) in [5, 5.41) is 8.15. The lowest BCUT2D eigenvalue weighted by Gasteiger charge is -2.24. The molecule has 0 saturated carbocycles. The summed E-state index contributed by atoms with van der Waals surface area (Å²) in [5.74, 6) is 0.791. The van der Waals surface area contributed by atoms with Crippen molar-refractivity contribution in [1.82, 2.24) is 10.2 Å². The van der Waals surface area contributed by atoms with Gasteiger partial charge in [0, 0.05) is 14.2 Å². The highest BCUT2D eigenvalue weighted by Crippen LogP contribution is 2.12. The predicted octanol–water partition coefficient (Wildman–Crippen LogP) is 1.60. The van der Waals surface area contributed by atoms with E-state index in [1.165, 1.54) is 0 Å². The fraction of sp³-hybridized carbons (Fsp3) is 0.556. The Morgan fingerprint density at radius 3 is 2.71 bits per heavy atom. The van der Waals surface area contributed by atoms with Crippen LogP contribution in [0.3, 0.4) is 0 Å². The number of rotatable bonds is 4. The first-order valence-electron chi connectivity index (χ1n) is 4.36. The van der Waals surface area contributed by atoms with Crippen LogP contribution >= 0.6 is 11.6 Å². The van der Waals surface area contributed by atoms with Gasteiger partial charge in [0.1, 0.15) is 0 Å². The second-order valence-electron chi connectivity index (χ2n) is 3.13. The van der Waals surface area contributed by atoms with Crippen LogP contribution in [0, 0.1) is 0 Å². The Bertz CT molecular complexity index is 278. The Morgan fingerprint density at radius 2 is 2.21 bits per heavy atom. The number of halogens is 1. The van der Waals surface area contributed by atoms with Gasteiger partial charge in [-0.25, -0.2) is 0 Å². The minimum absolute atomic E-state index is 0.260. The number of anilines is 1. The van der Waals surface area contributed by atoms with Crippen molar-refractivity contribution in [2.75, 3.05) is 25.7 Å². The van der Waals surface area contributed by atoms with Crippen LogP contribution in [0.5, 0.6) is 0 Å². The lowest BCUT2D eigenvalue weighted by atomic mass is 10.3. The van der Waals surface area contributed by atoms with Gasteiger partial charge in [-0.05, 0) is 19.1 Å². The molecule has 0 spiro atoms. The van der Waals surface area contributed by atoms with Crippen LogP contribution in [-0.2, 0) is 4.74 Å². The maximum Gasteiger partial charge on any atom is 0.151 e.